The maximum Gasteiger partial charge on any atom is 0.471 e. The van der Waals surface area contributed by atoms with E-state index in [1.807, 2.05) is 0 Å². The van der Waals surface area contributed by atoms with Crippen molar-refractivity contribution in [2.75, 3.05) is 0 Å². The molecule has 4 rings (SSSR count). The van der Waals surface area contributed by atoms with E-state index >= 15 is 0 Å². The Morgan fingerprint density at radius 1 is 1.21 bits per heavy atom. The van der Waals surface area contributed by atoms with Gasteiger partial charge in [0.05, 0.1) is 0 Å². The van der Waals surface area contributed by atoms with Crippen molar-refractivity contribution in [2.45, 2.75) is 50.4 Å². The number of nitrogens with zero attached hydrogens (tertiary/aromatic N) is 3. The Kier molecular flexibility index (Phi) is 4.39. The molecular formula is C18H16F5N3O2. The van der Waals surface area contributed by atoms with Crippen LogP contribution in [0, 0.1) is 5.92 Å². The molecule has 1 heterocycles. The Hall–Kier alpha value is -2.52. The molecule has 1 aromatic carbocycles. The summed E-state index contributed by atoms with van der Waals surface area (Å²) >= 11 is 0. The lowest BCUT2D eigenvalue weighted by atomic mass is 10.1. The summed E-state index contributed by atoms with van der Waals surface area (Å²) in [5, 5.41) is 3.32. The number of carbonyl (C=O) groups is 1. The minimum Gasteiger partial charge on any atom is -0.335 e. The Morgan fingerprint density at radius 3 is 2.36 bits per heavy atom. The highest BCUT2D eigenvalue weighted by molar-refractivity contribution is 5.77. The minimum atomic E-state index is -4.71. The molecular weight excluding hydrogens is 385 g/mol. The van der Waals surface area contributed by atoms with Gasteiger partial charge in [0.1, 0.15) is 0 Å². The molecule has 1 unspecified atom stereocenters. The number of aromatic nitrogens is 2. The first-order valence-electron chi connectivity index (χ1n) is 8.81. The van der Waals surface area contributed by atoms with Crippen molar-refractivity contribution in [3.63, 3.8) is 0 Å². The van der Waals surface area contributed by atoms with Crippen LogP contribution >= 0.6 is 0 Å². The van der Waals surface area contributed by atoms with Crippen LogP contribution in [0.15, 0.2) is 28.8 Å². The minimum absolute atomic E-state index is 0.0612. The van der Waals surface area contributed by atoms with Gasteiger partial charge in [0.15, 0.2) is 0 Å². The van der Waals surface area contributed by atoms with Crippen molar-refractivity contribution in [2.24, 2.45) is 5.92 Å². The van der Waals surface area contributed by atoms with E-state index in [0.717, 1.165) is 18.4 Å². The standard InChI is InChI=1S/C18H16F5N3O2/c19-17(20)8-12(17)7-14(27)26(13-5-6-13)9-10-1-3-11(4-2-10)15-24-16(28-25-15)18(21,22)23/h1-4,12-13H,5-9H2. The summed E-state index contributed by atoms with van der Waals surface area (Å²) in [6, 6.07) is 6.42. The molecule has 0 spiro atoms. The molecule has 2 aromatic rings. The van der Waals surface area contributed by atoms with E-state index in [4.69, 9.17) is 0 Å². The smallest absolute Gasteiger partial charge is 0.335 e. The zero-order chi connectivity index (χ0) is 20.1. The molecule has 0 radical (unpaired) electrons. The Morgan fingerprint density at radius 2 is 1.86 bits per heavy atom. The highest BCUT2D eigenvalue weighted by atomic mass is 19.4. The van der Waals surface area contributed by atoms with Gasteiger partial charge < -0.3 is 9.42 Å². The summed E-state index contributed by atoms with van der Waals surface area (Å²) in [5.74, 6) is -5.50. The third-order valence-corrected chi connectivity index (χ3v) is 4.92. The molecule has 28 heavy (non-hydrogen) atoms. The van der Waals surface area contributed by atoms with E-state index < -0.39 is 23.9 Å². The molecule has 2 fully saturated rings. The number of benzene rings is 1. The highest BCUT2D eigenvalue weighted by Gasteiger charge is 2.57. The van der Waals surface area contributed by atoms with Crippen molar-refractivity contribution in [3.05, 3.63) is 35.7 Å². The third kappa shape index (κ3) is 4.00. The monoisotopic (exact) mass is 401 g/mol. The Balaban J connectivity index is 1.43. The normalized spacial score (nSPS) is 20.8. The first-order chi connectivity index (χ1) is 13.1. The van der Waals surface area contributed by atoms with Gasteiger partial charge in [-0.2, -0.15) is 18.2 Å². The average molecular weight is 401 g/mol. The van der Waals surface area contributed by atoms with Crippen LogP contribution in [0.3, 0.4) is 0 Å². The maximum absolute atomic E-state index is 13.1. The summed E-state index contributed by atoms with van der Waals surface area (Å²) in [6.45, 7) is 0.266. The zero-order valence-electron chi connectivity index (χ0n) is 14.5. The van der Waals surface area contributed by atoms with Crippen molar-refractivity contribution in [1.29, 1.82) is 0 Å². The Bertz CT molecular complexity index is 874. The van der Waals surface area contributed by atoms with Crippen LogP contribution in [0.1, 0.15) is 37.1 Å². The summed E-state index contributed by atoms with van der Waals surface area (Å²) < 4.78 is 68.0. The van der Waals surface area contributed by atoms with Gasteiger partial charge >= 0.3 is 12.1 Å². The number of hydrogen-bond donors (Lipinski definition) is 0. The summed E-state index contributed by atoms with van der Waals surface area (Å²) in [5.41, 5.74) is 1.08. The molecule has 5 nitrogen and oxygen atoms in total. The largest absolute Gasteiger partial charge is 0.471 e. The fraction of sp³-hybridized carbons (Fsp3) is 0.500. The lowest BCUT2D eigenvalue weighted by Gasteiger charge is -2.22. The van der Waals surface area contributed by atoms with Crippen molar-refractivity contribution in [3.8, 4) is 11.4 Å². The van der Waals surface area contributed by atoms with E-state index in [1.165, 1.54) is 12.1 Å². The highest BCUT2D eigenvalue weighted by Crippen LogP contribution is 2.51. The van der Waals surface area contributed by atoms with Gasteiger partial charge in [-0.1, -0.05) is 29.4 Å². The SMILES string of the molecule is O=C(CC1CC1(F)F)N(Cc1ccc(-c2noc(C(F)(F)F)n2)cc1)C1CC1. The van der Waals surface area contributed by atoms with Crippen LogP contribution in [0.4, 0.5) is 22.0 Å². The predicted molar refractivity (Wildman–Crippen MR) is 86.0 cm³/mol. The van der Waals surface area contributed by atoms with E-state index in [0.29, 0.717) is 5.56 Å². The summed E-state index contributed by atoms with van der Waals surface area (Å²) in [6.07, 6.45) is -3.43. The first-order valence-corrected chi connectivity index (χ1v) is 8.81. The fourth-order valence-corrected chi connectivity index (χ4v) is 3.04. The number of carbonyl (C=O) groups excluding carboxylic acids is 1. The van der Waals surface area contributed by atoms with Gasteiger partial charge in [-0.15, -0.1) is 0 Å². The topological polar surface area (TPSA) is 59.2 Å². The van der Waals surface area contributed by atoms with Gasteiger partial charge in [-0.25, -0.2) is 8.78 Å². The lowest BCUT2D eigenvalue weighted by Crippen LogP contribution is -2.33. The summed E-state index contributed by atoms with van der Waals surface area (Å²) in [4.78, 5) is 17.3. The molecule has 10 heteroatoms. The second-order valence-corrected chi connectivity index (χ2v) is 7.24. The van der Waals surface area contributed by atoms with Gasteiger partial charge in [0, 0.05) is 36.9 Å². The van der Waals surface area contributed by atoms with Gasteiger partial charge in [-0.3, -0.25) is 4.79 Å². The molecule has 0 saturated heterocycles. The lowest BCUT2D eigenvalue weighted by molar-refractivity contribution is -0.159. The van der Waals surface area contributed by atoms with Crippen molar-refractivity contribution >= 4 is 5.91 Å². The number of hydrogen-bond acceptors (Lipinski definition) is 4. The molecule has 1 atom stereocenters. The number of rotatable bonds is 6. The number of halogens is 5. The van der Waals surface area contributed by atoms with Crippen LogP contribution in [0.2, 0.25) is 0 Å². The second-order valence-electron chi connectivity index (χ2n) is 7.24. The van der Waals surface area contributed by atoms with Crippen LogP contribution in [0.5, 0.6) is 0 Å². The van der Waals surface area contributed by atoms with Crippen LogP contribution in [-0.2, 0) is 17.5 Å². The quantitative estimate of drug-likeness (QED) is 0.678. The molecule has 1 amide bonds. The first kappa shape index (κ1) is 18.8. The molecule has 0 N–H and O–H groups in total. The predicted octanol–water partition coefficient (Wildman–Crippen LogP) is 4.29. The molecule has 0 aliphatic heterocycles. The molecule has 1 aromatic heterocycles. The summed E-state index contributed by atoms with van der Waals surface area (Å²) in [7, 11) is 0. The maximum atomic E-state index is 13.1. The number of amides is 1. The average Bonchev–Trinajstić information content (AvgIpc) is 3.49. The van der Waals surface area contributed by atoms with E-state index in [9.17, 15) is 26.7 Å². The van der Waals surface area contributed by atoms with Crippen molar-refractivity contribution < 1.29 is 31.3 Å². The fourth-order valence-electron chi connectivity index (χ4n) is 3.04. The second kappa shape index (κ2) is 6.52. The van der Waals surface area contributed by atoms with Crippen LogP contribution < -0.4 is 0 Å². The molecule has 2 aliphatic carbocycles. The molecule has 0 bridgehead atoms. The van der Waals surface area contributed by atoms with Crippen LogP contribution in [-0.4, -0.2) is 32.9 Å². The number of alkyl halides is 5. The van der Waals surface area contributed by atoms with E-state index in [2.05, 4.69) is 14.7 Å². The Labute approximate surface area is 156 Å². The van der Waals surface area contributed by atoms with Gasteiger partial charge in [0.2, 0.25) is 11.7 Å². The van der Waals surface area contributed by atoms with E-state index in [-0.39, 0.29) is 37.2 Å². The molecule has 150 valence electrons. The van der Waals surface area contributed by atoms with Gasteiger partial charge in [0.25, 0.3) is 5.92 Å². The van der Waals surface area contributed by atoms with Crippen LogP contribution in [0.25, 0.3) is 11.4 Å². The van der Waals surface area contributed by atoms with E-state index in [1.54, 1.807) is 17.0 Å². The zero-order valence-corrected chi connectivity index (χ0v) is 14.5. The molecule has 2 aliphatic rings. The van der Waals surface area contributed by atoms with Gasteiger partial charge in [-0.05, 0) is 18.4 Å². The van der Waals surface area contributed by atoms with Crippen molar-refractivity contribution in [1.82, 2.24) is 15.0 Å². The third-order valence-electron chi connectivity index (χ3n) is 4.92. The molecule has 2 saturated carbocycles.